The first-order valence-corrected chi connectivity index (χ1v) is 6.22. The standard InChI is InChI=1S/C14H10ClFN4/c15-8-2-1-3-9(16)12(8)14-19-10-5-4-7(13(17)18)6-11(10)20-14/h1-6H,(H3,17,18)(H,19,20). The Balaban J connectivity index is 2.21. The van der Waals surface area contributed by atoms with Crippen LogP contribution in [0.4, 0.5) is 4.39 Å². The van der Waals surface area contributed by atoms with Gasteiger partial charge in [-0.1, -0.05) is 17.7 Å². The molecule has 0 amide bonds. The first-order chi connectivity index (χ1) is 9.56. The molecule has 100 valence electrons. The molecule has 0 radical (unpaired) electrons. The number of nitrogen functional groups attached to an aromatic ring is 1. The zero-order valence-electron chi connectivity index (χ0n) is 10.2. The van der Waals surface area contributed by atoms with E-state index in [1.807, 2.05) is 0 Å². The molecule has 1 heterocycles. The second kappa shape index (κ2) is 4.61. The van der Waals surface area contributed by atoms with Crippen molar-refractivity contribution in [2.45, 2.75) is 0 Å². The maximum Gasteiger partial charge on any atom is 0.142 e. The summed E-state index contributed by atoms with van der Waals surface area (Å²) in [4.78, 5) is 7.33. The Morgan fingerprint density at radius 3 is 2.80 bits per heavy atom. The summed E-state index contributed by atoms with van der Waals surface area (Å²) in [6, 6.07) is 9.60. The molecule has 3 aromatic rings. The maximum atomic E-state index is 13.9. The Labute approximate surface area is 118 Å². The monoisotopic (exact) mass is 288 g/mol. The molecule has 0 bridgehead atoms. The number of fused-ring (bicyclic) bond motifs is 1. The van der Waals surface area contributed by atoms with Crippen molar-refractivity contribution in [3.8, 4) is 11.4 Å². The number of hydrogen-bond acceptors (Lipinski definition) is 2. The molecule has 0 saturated heterocycles. The van der Waals surface area contributed by atoms with Crippen LogP contribution in [0.5, 0.6) is 0 Å². The molecule has 0 atom stereocenters. The third kappa shape index (κ3) is 2.02. The highest BCUT2D eigenvalue weighted by Crippen LogP contribution is 2.30. The number of H-pyrrole nitrogens is 1. The first-order valence-electron chi connectivity index (χ1n) is 5.85. The van der Waals surface area contributed by atoms with E-state index in [-0.39, 0.29) is 16.4 Å². The molecule has 0 spiro atoms. The molecule has 0 fully saturated rings. The van der Waals surface area contributed by atoms with E-state index in [2.05, 4.69) is 9.97 Å². The highest BCUT2D eigenvalue weighted by Gasteiger charge is 2.14. The number of aromatic amines is 1. The van der Waals surface area contributed by atoms with Crippen LogP contribution in [0, 0.1) is 11.2 Å². The summed E-state index contributed by atoms with van der Waals surface area (Å²) in [7, 11) is 0. The lowest BCUT2D eigenvalue weighted by Gasteiger charge is -2.01. The molecule has 20 heavy (non-hydrogen) atoms. The molecule has 0 aliphatic heterocycles. The van der Waals surface area contributed by atoms with E-state index in [4.69, 9.17) is 22.7 Å². The van der Waals surface area contributed by atoms with Gasteiger partial charge >= 0.3 is 0 Å². The van der Waals surface area contributed by atoms with E-state index in [0.29, 0.717) is 16.9 Å². The van der Waals surface area contributed by atoms with Crippen molar-refractivity contribution in [2.24, 2.45) is 5.73 Å². The third-order valence-corrected chi connectivity index (χ3v) is 3.31. The lowest BCUT2D eigenvalue weighted by Crippen LogP contribution is -2.10. The predicted octanol–water partition coefficient (Wildman–Crippen LogP) is 3.31. The summed E-state index contributed by atoms with van der Waals surface area (Å²) in [6.45, 7) is 0. The van der Waals surface area contributed by atoms with Gasteiger partial charge in [0, 0.05) is 5.56 Å². The molecule has 0 saturated carbocycles. The Bertz CT molecular complexity index is 805. The molecule has 0 aliphatic rings. The van der Waals surface area contributed by atoms with Crippen molar-refractivity contribution in [3.63, 3.8) is 0 Å². The lowest BCUT2D eigenvalue weighted by atomic mass is 10.2. The molecule has 0 aliphatic carbocycles. The Hall–Kier alpha value is -2.40. The molecular formula is C14H10ClFN4. The average molecular weight is 289 g/mol. The van der Waals surface area contributed by atoms with Crippen molar-refractivity contribution in [2.75, 3.05) is 0 Å². The minimum atomic E-state index is -0.441. The number of hydrogen-bond donors (Lipinski definition) is 3. The van der Waals surface area contributed by atoms with Crippen molar-refractivity contribution in [1.82, 2.24) is 9.97 Å². The molecular weight excluding hydrogens is 279 g/mol. The quantitative estimate of drug-likeness (QED) is 0.500. The van der Waals surface area contributed by atoms with E-state index >= 15 is 0 Å². The SMILES string of the molecule is N=C(N)c1ccc2[nH]c(-c3c(F)cccc3Cl)nc2c1. The highest BCUT2D eigenvalue weighted by molar-refractivity contribution is 6.33. The topological polar surface area (TPSA) is 78.5 Å². The fourth-order valence-electron chi connectivity index (χ4n) is 2.02. The van der Waals surface area contributed by atoms with Gasteiger partial charge in [-0.3, -0.25) is 5.41 Å². The molecule has 4 nitrogen and oxygen atoms in total. The summed E-state index contributed by atoms with van der Waals surface area (Å²) < 4.78 is 13.9. The van der Waals surface area contributed by atoms with E-state index in [0.717, 1.165) is 5.52 Å². The van der Waals surface area contributed by atoms with Crippen molar-refractivity contribution >= 4 is 28.5 Å². The van der Waals surface area contributed by atoms with E-state index in [1.165, 1.54) is 12.1 Å². The summed E-state index contributed by atoms with van der Waals surface area (Å²) in [5.74, 6) is -0.132. The van der Waals surface area contributed by atoms with Gasteiger partial charge in [-0.2, -0.15) is 0 Å². The van der Waals surface area contributed by atoms with E-state index in [1.54, 1.807) is 24.3 Å². The largest absolute Gasteiger partial charge is 0.384 e. The number of nitrogens with one attached hydrogen (secondary N) is 2. The van der Waals surface area contributed by atoms with Crippen molar-refractivity contribution in [1.29, 1.82) is 5.41 Å². The number of benzene rings is 2. The van der Waals surface area contributed by atoms with Gasteiger partial charge in [0.1, 0.15) is 17.5 Å². The van der Waals surface area contributed by atoms with Gasteiger partial charge in [0.15, 0.2) is 0 Å². The van der Waals surface area contributed by atoms with Gasteiger partial charge in [-0.05, 0) is 30.3 Å². The number of aromatic nitrogens is 2. The van der Waals surface area contributed by atoms with Gasteiger partial charge in [0.05, 0.1) is 21.6 Å². The fourth-order valence-corrected chi connectivity index (χ4v) is 2.27. The number of halogens is 2. The van der Waals surface area contributed by atoms with E-state index in [9.17, 15) is 4.39 Å². The van der Waals surface area contributed by atoms with Crippen LogP contribution < -0.4 is 5.73 Å². The van der Waals surface area contributed by atoms with Crippen LogP contribution in [0.15, 0.2) is 36.4 Å². The van der Waals surface area contributed by atoms with Gasteiger partial charge in [0.25, 0.3) is 0 Å². The Kier molecular flexibility index (Phi) is 2.91. The second-order valence-electron chi connectivity index (χ2n) is 4.33. The van der Waals surface area contributed by atoms with Crippen LogP contribution in [0.3, 0.4) is 0 Å². The zero-order valence-corrected chi connectivity index (χ0v) is 11.0. The Morgan fingerprint density at radius 1 is 1.30 bits per heavy atom. The summed E-state index contributed by atoms with van der Waals surface area (Å²) in [5, 5.41) is 7.70. The van der Waals surface area contributed by atoms with Gasteiger partial charge in [-0.25, -0.2) is 9.37 Å². The summed E-state index contributed by atoms with van der Waals surface area (Å²) >= 11 is 6.02. The van der Waals surface area contributed by atoms with Crippen molar-refractivity contribution in [3.05, 3.63) is 52.8 Å². The van der Waals surface area contributed by atoms with Gasteiger partial charge < -0.3 is 10.7 Å². The number of nitrogens with zero attached hydrogens (tertiary/aromatic N) is 1. The molecule has 2 aromatic carbocycles. The van der Waals surface area contributed by atoms with Crippen LogP contribution in [0.2, 0.25) is 5.02 Å². The number of amidine groups is 1. The third-order valence-electron chi connectivity index (χ3n) is 2.99. The van der Waals surface area contributed by atoms with Crippen LogP contribution in [0.25, 0.3) is 22.4 Å². The number of imidazole rings is 1. The zero-order chi connectivity index (χ0) is 14.3. The molecule has 4 N–H and O–H groups in total. The smallest absolute Gasteiger partial charge is 0.142 e. The van der Waals surface area contributed by atoms with Crippen LogP contribution in [0.1, 0.15) is 5.56 Å². The number of nitrogens with two attached hydrogens (primary N) is 1. The van der Waals surface area contributed by atoms with Gasteiger partial charge in [0.2, 0.25) is 0 Å². The molecule has 6 heteroatoms. The van der Waals surface area contributed by atoms with Crippen molar-refractivity contribution < 1.29 is 4.39 Å². The Morgan fingerprint density at radius 2 is 2.10 bits per heavy atom. The second-order valence-corrected chi connectivity index (χ2v) is 4.73. The number of rotatable bonds is 2. The molecule has 1 aromatic heterocycles. The average Bonchev–Trinajstić information content (AvgIpc) is 2.80. The normalized spacial score (nSPS) is 10.9. The molecule has 3 rings (SSSR count). The molecule has 0 unspecified atom stereocenters. The van der Waals surface area contributed by atoms with Crippen LogP contribution in [-0.4, -0.2) is 15.8 Å². The summed E-state index contributed by atoms with van der Waals surface area (Å²) in [5.41, 5.74) is 7.56. The summed E-state index contributed by atoms with van der Waals surface area (Å²) in [6.07, 6.45) is 0. The first kappa shape index (κ1) is 12.6. The maximum absolute atomic E-state index is 13.9. The lowest BCUT2D eigenvalue weighted by molar-refractivity contribution is 0.630. The van der Waals surface area contributed by atoms with Crippen LogP contribution >= 0.6 is 11.6 Å². The van der Waals surface area contributed by atoms with Gasteiger partial charge in [-0.15, -0.1) is 0 Å². The fraction of sp³-hybridized carbons (Fsp3) is 0. The van der Waals surface area contributed by atoms with E-state index < -0.39 is 5.82 Å². The van der Waals surface area contributed by atoms with Crippen LogP contribution in [-0.2, 0) is 0 Å². The minimum Gasteiger partial charge on any atom is -0.384 e. The minimum absolute atomic E-state index is 0.0413. The highest BCUT2D eigenvalue weighted by atomic mass is 35.5. The predicted molar refractivity (Wildman–Crippen MR) is 77.5 cm³/mol.